The van der Waals surface area contributed by atoms with Crippen molar-refractivity contribution in [3.8, 4) is 0 Å². The van der Waals surface area contributed by atoms with Gasteiger partial charge in [-0.15, -0.1) is 0 Å². The van der Waals surface area contributed by atoms with Gasteiger partial charge < -0.3 is 20.4 Å². The fourth-order valence-corrected chi connectivity index (χ4v) is 5.69. The van der Waals surface area contributed by atoms with Crippen molar-refractivity contribution in [1.29, 1.82) is 0 Å². The van der Waals surface area contributed by atoms with Gasteiger partial charge in [0, 0.05) is 38.7 Å². The molecule has 200 valence electrons. The molecule has 0 radical (unpaired) electrons. The van der Waals surface area contributed by atoms with Crippen LogP contribution in [-0.4, -0.2) is 38.2 Å². The number of nitrogens with one attached hydrogen (secondary N) is 3. The minimum absolute atomic E-state index is 0. The minimum atomic E-state index is -5.09. The lowest BCUT2D eigenvalue weighted by molar-refractivity contribution is -0.158. The summed E-state index contributed by atoms with van der Waals surface area (Å²) < 4.78 is 111. The van der Waals surface area contributed by atoms with Gasteiger partial charge in [0.25, 0.3) is 0 Å². The molecule has 3 N–H and O–H groups in total. The van der Waals surface area contributed by atoms with Crippen molar-refractivity contribution in [3.63, 3.8) is 0 Å². The third-order valence-electron chi connectivity index (χ3n) is 5.62. The summed E-state index contributed by atoms with van der Waals surface area (Å²) in [7, 11) is -3.22. The molecule has 14 heteroatoms. The molecule has 36 heavy (non-hydrogen) atoms. The van der Waals surface area contributed by atoms with Crippen LogP contribution in [0.15, 0.2) is 34.7 Å². The standard InChI is InChI=1S/C22H19F6N3O4S.3H2/c1-10-16-6-12(24)7-17(25)19(16)35-18(10)20(22(26,27)28)31-21(32)30-15-5-11(23)4-14(8-15)29-13-2-3-36(33,34)9-13;;;/h4-8,13,20,29H,2-3,9H2,1H3,(H2,30,31,32);3*1H/t13-,20?;;;/m1.../s1. The zero-order chi connectivity index (χ0) is 26.4. The number of anilines is 2. The predicted molar refractivity (Wildman–Crippen MR) is 125 cm³/mol. The van der Waals surface area contributed by atoms with Crippen molar-refractivity contribution in [2.75, 3.05) is 22.1 Å². The molecule has 0 spiro atoms. The second-order valence-corrected chi connectivity index (χ2v) is 10.6. The molecule has 0 aliphatic carbocycles. The van der Waals surface area contributed by atoms with E-state index >= 15 is 0 Å². The number of halogens is 6. The summed E-state index contributed by atoms with van der Waals surface area (Å²) in [4.78, 5) is 12.4. The van der Waals surface area contributed by atoms with Gasteiger partial charge in [-0.05, 0) is 37.6 Å². The van der Waals surface area contributed by atoms with Gasteiger partial charge >= 0.3 is 12.2 Å². The molecule has 3 aromatic rings. The van der Waals surface area contributed by atoms with Crippen LogP contribution in [0.3, 0.4) is 0 Å². The summed E-state index contributed by atoms with van der Waals surface area (Å²) >= 11 is 0. The van der Waals surface area contributed by atoms with Crippen LogP contribution in [0.1, 0.15) is 28.1 Å². The first kappa shape index (κ1) is 25.7. The monoisotopic (exact) mass is 541 g/mol. The number of amides is 2. The van der Waals surface area contributed by atoms with Gasteiger partial charge in [-0.1, -0.05) is 0 Å². The van der Waals surface area contributed by atoms with E-state index in [1.165, 1.54) is 6.07 Å². The molecule has 2 atom stereocenters. The number of urea groups is 1. The van der Waals surface area contributed by atoms with Crippen molar-refractivity contribution in [2.45, 2.75) is 31.6 Å². The molecule has 1 aliphatic heterocycles. The minimum Gasteiger partial charge on any atom is -0.455 e. The third-order valence-corrected chi connectivity index (χ3v) is 7.39. The summed E-state index contributed by atoms with van der Waals surface area (Å²) in [5.74, 6) is -4.11. The van der Waals surface area contributed by atoms with Crippen LogP contribution in [0.2, 0.25) is 0 Å². The molecule has 2 amide bonds. The van der Waals surface area contributed by atoms with E-state index in [2.05, 4.69) is 10.6 Å². The first-order chi connectivity index (χ1) is 16.7. The van der Waals surface area contributed by atoms with Crippen LogP contribution >= 0.6 is 0 Å². The van der Waals surface area contributed by atoms with Crippen LogP contribution in [-0.2, 0) is 9.84 Å². The SMILES string of the molecule is Cc1c(C(NC(=O)Nc2cc(F)cc(N[C@@H]3CCS(=O)(=O)C3)c2)C(F)(F)F)oc2c(F)cc(F)cc12.[HH].[HH].[HH]. The molecular weight excluding hydrogens is 516 g/mol. The van der Waals surface area contributed by atoms with E-state index in [0.29, 0.717) is 6.07 Å². The number of hydrogen-bond acceptors (Lipinski definition) is 5. The molecule has 1 saturated heterocycles. The highest BCUT2D eigenvalue weighted by Gasteiger charge is 2.45. The first-order valence-electron chi connectivity index (χ1n) is 10.5. The maximum atomic E-state index is 14.1. The summed E-state index contributed by atoms with van der Waals surface area (Å²) in [6, 6.07) is -0.234. The lowest BCUT2D eigenvalue weighted by Crippen LogP contribution is -2.40. The van der Waals surface area contributed by atoms with Crippen molar-refractivity contribution in [2.24, 2.45) is 0 Å². The number of carbonyl (C=O) groups excluding carboxylic acids is 1. The van der Waals surface area contributed by atoms with Gasteiger partial charge in [0.15, 0.2) is 27.3 Å². The summed E-state index contributed by atoms with van der Waals surface area (Å²) in [5.41, 5.74) is -0.929. The average molecular weight is 542 g/mol. The number of furan rings is 1. The maximum absolute atomic E-state index is 14.1. The lowest BCUT2D eigenvalue weighted by Gasteiger charge is -2.21. The van der Waals surface area contributed by atoms with E-state index in [4.69, 9.17) is 4.42 Å². The fourth-order valence-electron chi connectivity index (χ4n) is 4.02. The molecule has 1 fully saturated rings. The van der Waals surface area contributed by atoms with Gasteiger partial charge in [0.2, 0.25) is 0 Å². The van der Waals surface area contributed by atoms with Gasteiger partial charge in [0.1, 0.15) is 17.4 Å². The number of fused-ring (bicyclic) bond motifs is 1. The van der Waals surface area contributed by atoms with Crippen molar-refractivity contribution >= 4 is 38.2 Å². The molecule has 1 aliphatic rings. The van der Waals surface area contributed by atoms with Crippen LogP contribution in [0.4, 0.5) is 42.5 Å². The molecule has 2 heterocycles. The number of rotatable bonds is 5. The van der Waals surface area contributed by atoms with Crippen LogP contribution in [0.5, 0.6) is 0 Å². The quantitative estimate of drug-likeness (QED) is 0.348. The lowest BCUT2D eigenvalue weighted by atomic mass is 10.1. The average Bonchev–Trinajstić information content (AvgIpc) is 3.24. The van der Waals surface area contributed by atoms with E-state index < -0.39 is 62.9 Å². The molecule has 2 aromatic carbocycles. The Hall–Kier alpha value is -3.42. The molecule has 1 aromatic heterocycles. The van der Waals surface area contributed by atoms with Crippen molar-refractivity contribution in [1.82, 2.24) is 5.32 Å². The largest absolute Gasteiger partial charge is 0.455 e. The highest BCUT2D eigenvalue weighted by Crippen LogP contribution is 2.39. The van der Waals surface area contributed by atoms with Crippen molar-refractivity contribution < 1.29 is 48.3 Å². The summed E-state index contributed by atoms with van der Waals surface area (Å²) in [5, 5.41) is 6.35. The number of aryl methyl sites for hydroxylation is 1. The van der Waals surface area contributed by atoms with E-state index in [0.717, 1.165) is 25.1 Å². The topological polar surface area (TPSA) is 100 Å². The normalized spacial score (nSPS) is 18.2. The highest BCUT2D eigenvalue weighted by molar-refractivity contribution is 7.91. The van der Waals surface area contributed by atoms with Gasteiger partial charge in [0.05, 0.1) is 11.5 Å². The van der Waals surface area contributed by atoms with Crippen molar-refractivity contribution in [3.05, 3.63) is 59.1 Å². The van der Waals surface area contributed by atoms with E-state index in [1.54, 1.807) is 5.32 Å². The number of benzene rings is 2. The first-order valence-corrected chi connectivity index (χ1v) is 12.3. The predicted octanol–water partition coefficient (Wildman–Crippen LogP) is 5.92. The smallest absolute Gasteiger partial charge is 0.416 e. The third kappa shape index (κ3) is 5.53. The Kier molecular flexibility index (Phi) is 6.58. The van der Waals surface area contributed by atoms with Crippen LogP contribution in [0.25, 0.3) is 11.0 Å². The zero-order valence-electron chi connectivity index (χ0n) is 18.5. The Labute approximate surface area is 205 Å². The maximum Gasteiger partial charge on any atom is 0.416 e. The summed E-state index contributed by atoms with van der Waals surface area (Å²) in [6.07, 6.45) is -4.80. The van der Waals surface area contributed by atoms with Gasteiger partial charge in [-0.25, -0.2) is 26.4 Å². The Bertz CT molecular complexity index is 1450. The molecular formula is C22H25F6N3O4S. The second-order valence-electron chi connectivity index (χ2n) is 8.40. The number of hydrogen-bond donors (Lipinski definition) is 3. The Balaban J connectivity index is 0.00000253. The van der Waals surface area contributed by atoms with Crippen LogP contribution in [0, 0.1) is 24.4 Å². The second kappa shape index (κ2) is 9.22. The number of sulfone groups is 1. The fraction of sp³-hybridized carbons (Fsp3) is 0.318. The Morgan fingerprint density at radius 1 is 1.08 bits per heavy atom. The van der Waals surface area contributed by atoms with Gasteiger partial charge in [-0.2, -0.15) is 13.2 Å². The molecule has 0 saturated carbocycles. The molecule has 7 nitrogen and oxygen atoms in total. The van der Waals surface area contributed by atoms with Gasteiger partial charge in [-0.3, -0.25) is 0 Å². The highest BCUT2D eigenvalue weighted by atomic mass is 32.2. The Morgan fingerprint density at radius 2 is 1.75 bits per heavy atom. The van der Waals surface area contributed by atoms with Crippen LogP contribution < -0.4 is 16.0 Å². The number of alkyl halides is 3. The van der Waals surface area contributed by atoms with E-state index in [-0.39, 0.29) is 44.5 Å². The van der Waals surface area contributed by atoms with E-state index in [9.17, 15) is 39.6 Å². The zero-order valence-corrected chi connectivity index (χ0v) is 19.3. The molecule has 4 rings (SSSR count). The molecule has 0 bridgehead atoms. The molecule has 1 unspecified atom stereocenters. The summed E-state index contributed by atoms with van der Waals surface area (Å²) in [6.45, 7) is 1.16. The Morgan fingerprint density at radius 3 is 2.39 bits per heavy atom. The number of carbonyl (C=O) groups is 1. The van der Waals surface area contributed by atoms with E-state index in [1.807, 2.05) is 0 Å².